The van der Waals surface area contributed by atoms with Crippen LogP contribution in [0.25, 0.3) is 0 Å². The van der Waals surface area contributed by atoms with Gasteiger partial charge in [-0.2, -0.15) is 4.31 Å². The number of nitrogens with zero attached hydrogens (tertiary/aromatic N) is 1. The van der Waals surface area contributed by atoms with E-state index in [4.69, 9.17) is 4.74 Å². The molecular formula is C22H28N2O4S. The summed E-state index contributed by atoms with van der Waals surface area (Å²) in [5, 5.41) is 2.98. The summed E-state index contributed by atoms with van der Waals surface area (Å²) in [4.78, 5) is 12.9. The Kier molecular flexibility index (Phi) is 6.29. The van der Waals surface area contributed by atoms with E-state index in [2.05, 4.69) is 11.4 Å². The van der Waals surface area contributed by atoms with Crippen LogP contribution < -0.4 is 10.1 Å². The van der Waals surface area contributed by atoms with E-state index < -0.39 is 10.0 Å². The molecule has 2 aromatic carbocycles. The van der Waals surface area contributed by atoms with E-state index >= 15 is 0 Å². The maximum Gasteiger partial charge on any atom is 0.251 e. The van der Waals surface area contributed by atoms with E-state index in [0.717, 1.165) is 29.5 Å². The molecule has 1 aliphatic rings. The van der Waals surface area contributed by atoms with Crippen molar-refractivity contribution in [3.05, 3.63) is 58.7 Å². The molecule has 7 heteroatoms. The fraction of sp³-hybridized carbons (Fsp3) is 0.409. The molecule has 3 rings (SSSR count). The molecule has 0 spiro atoms. The Morgan fingerprint density at radius 1 is 1.10 bits per heavy atom. The van der Waals surface area contributed by atoms with E-state index in [1.165, 1.54) is 17.5 Å². The van der Waals surface area contributed by atoms with Crippen molar-refractivity contribution in [2.24, 2.45) is 0 Å². The largest absolute Gasteiger partial charge is 0.495 e. The van der Waals surface area contributed by atoms with Crippen LogP contribution in [0.5, 0.6) is 5.75 Å². The molecule has 1 heterocycles. The van der Waals surface area contributed by atoms with Crippen molar-refractivity contribution in [1.29, 1.82) is 0 Å². The Morgan fingerprint density at radius 3 is 2.45 bits per heavy atom. The molecule has 0 radical (unpaired) electrons. The third-order valence-electron chi connectivity index (χ3n) is 5.36. The van der Waals surface area contributed by atoms with Crippen molar-refractivity contribution in [2.45, 2.75) is 44.6 Å². The average Bonchev–Trinajstić information content (AvgIpc) is 3.25. The summed E-state index contributed by atoms with van der Waals surface area (Å²) >= 11 is 0. The zero-order valence-electron chi connectivity index (χ0n) is 17.4. The van der Waals surface area contributed by atoms with Crippen molar-refractivity contribution in [2.75, 3.05) is 20.2 Å². The van der Waals surface area contributed by atoms with Crippen molar-refractivity contribution < 1.29 is 17.9 Å². The number of carbonyl (C=O) groups excluding carboxylic acids is 1. The smallest absolute Gasteiger partial charge is 0.251 e. The minimum Gasteiger partial charge on any atom is -0.495 e. The number of carbonyl (C=O) groups is 1. The molecule has 1 amide bonds. The monoisotopic (exact) mass is 416 g/mol. The SMILES string of the molecule is COc1ccc(C(=O)NC(C)c2cc(C)ccc2C)cc1S(=O)(=O)N1CCCC1. The van der Waals surface area contributed by atoms with Crippen LogP contribution in [0.2, 0.25) is 0 Å². The van der Waals surface area contributed by atoms with Gasteiger partial charge in [0, 0.05) is 18.7 Å². The van der Waals surface area contributed by atoms with E-state index in [-0.39, 0.29) is 22.6 Å². The van der Waals surface area contributed by atoms with Gasteiger partial charge in [0.1, 0.15) is 10.6 Å². The normalized spacial score (nSPS) is 15.9. The van der Waals surface area contributed by atoms with Gasteiger partial charge < -0.3 is 10.1 Å². The molecule has 1 atom stereocenters. The number of sulfonamides is 1. The first kappa shape index (κ1) is 21.3. The minimum atomic E-state index is -3.70. The maximum absolute atomic E-state index is 13.0. The summed E-state index contributed by atoms with van der Waals surface area (Å²) in [5.41, 5.74) is 3.54. The quantitative estimate of drug-likeness (QED) is 0.781. The summed E-state index contributed by atoms with van der Waals surface area (Å²) in [6.07, 6.45) is 1.68. The predicted octanol–water partition coefficient (Wildman–Crippen LogP) is 3.59. The van der Waals surface area contributed by atoms with Gasteiger partial charge in [0.25, 0.3) is 5.91 Å². The molecule has 0 aliphatic carbocycles. The molecule has 6 nitrogen and oxygen atoms in total. The predicted molar refractivity (Wildman–Crippen MR) is 113 cm³/mol. The van der Waals surface area contributed by atoms with Gasteiger partial charge in [0.2, 0.25) is 10.0 Å². The number of aryl methyl sites for hydroxylation is 2. The standard InChI is InChI=1S/C22H28N2O4S/c1-15-7-8-16(2)19(13-15)17(3)23-22(25)18-9-10-20(28-4)21(14-18)29(26,27)24-11-5-6-12-24/h7-10,13-14,17H,5-6,11-12H2,1-4H3,(H,23,25). The maximum atomic E-state index is 13.0. The van der Waals surface area contributed by atoms with Crippen LogP contribution in [0.4, 0.5) is 0 Å². The summed E-state index contributed by atoms with van der Waals surface area (Å²) in [5.74, 6) is -0.0741. The van der Waals surface area contributed by atoms with Crippen molar-refractivity contribution in [3.63, 3.8) is 0 Å². The number of nitrogens with one attached hydrogen (secondary N) is 1. The molecular weight excluding hydrogens is 388 g/mol. The fourth-order valence-electron chi connectivity index (χ4n) is 3.67. The number of hydrogen-bond acceptors (Lipinski definition) is 4. The fourth-order valence-corrected chi connectivity index (χ4v) is 5.37. The second-order valence-corrected chi connectivity index (χ2v) is 9.44. The zero-order valence-corrected chi connectivity index (χ0v) is 18.2. The molecule has 0 saturated carbocycles. The topological polar surface area (TPSA) is 75.7 Å². The Balaban J connectivity index is 1.89. The van der Waals surface area contributed by atoms with Crippen LogP contribution in [-0.4, -0.2) is 38.8 Å². The molecule has 1 saturated heterocycles. The van der Waals surface area contributed by atoms with E-state index in [9.17, 15) is 13.2 Å². The Hall–Kier alpha value is -2.38. The number of amides is 1. The third-order valence-corrected chi connectivity index (χ3v) is 7.28. The second kappa shape index (κ2) is 8.55. The molecule has 29 heavy (non-hydrogen) atoms. The van der Waals surface area contributed by atoms with Gasteiger partial charge >= 0.3 is 0 Å². The Labute approximate surface area is 172 Å². The van der Waals surface area contributed by atoms with Crippen LogP contribution in [0.15, 0.2) is 41.3 Å². The van der Waals surface area contributed by atoms with Crippen molar-refractivity contribution >= 4 is 15.9 Å². The highest BCUT2D eigenvalue weighted by Gasteiger charge is 2.30. The lowest BCUT2D eigenvalue weighted by molar-refractivity contribution is 0.0939. The zero-order chi connectivity index (χ0) is 21.2. The number of methoxy groups -OCH3 is 1. The van der Waals surface area contributed by atoms with Gasteiger partial charge in [0.05, 0.1) is 13.2 Å². The van der Waals surface area contributed by atoms with Gasteiger partial charge in [-0.15, -0.1) is 0 Å². The van der Waals surface area contributed by atoms with E-state index in [0.29, 0.717) is 18.7 Å². The summed E-state index contributed by atoms with van der Waals surface area (Å²) in [7, 11) is -2.27. The number of rotatable bonds is 6. The molecule has 0 bridgehead atoms. The summed E-state index contributed by atoms with van der Waals surface area (Å²) in [6.45, 7) is 6.92. The lowest BCUT2D eigenvalue weighted by Crippen LogP contribution is -2.30. The highest BCUT2D eigenvalue weighted by molar-refractivity contribution is 7.89. The third kappa shape index (κ3) is 4.46. The molecule has 156 valence electrons. The van der Waals surface area contributed by atoms with Crippen LogP contribution in [-0.2, 0) is 10.0 Å². The number of benzene rings is 2. The first-order chi connectivity index (χ1) is 13.7. The highest BCUT2D eigenvalue weighted by Crippen LogP contribution is 2.30. The lowest BCUT2D eigenvalue weighted by Gasteiger charge is -2.20. The molecule has 1 fully saturated rings. The summed E-state index contributed by atoms with van der Waals surface area (Å²) < 4.78 is 32.8. The van der Waals surface area contributed by atoms with Crippen LogP contribution in [0, 0.1) is 13.8 Å². The molecule has 1 N–H and O–H groups in total. The summed E-state index contributed by atoms with van der Waals surface area (Å²) in [6, 6.07) is 10.5. The Bertz CT molecular complexity index is 1010. The number of ether oxygens (including phenoxy) is 1. The first-order valence-electron chi connectivity index (χ1n) is 9.80. The molecule has 1 unspecified atom stereocenters. The second-order valence-electron chi connectivity index (χ2n) is 7.53. The Morgan fingerprint density at radius 2 is 1.79 bits per heavy atom. The van der Waals surface area contributed by atoms with Crippen molar-refractivity contribution in [3.8, 4) is 5.75 Å². The molecule has 0 aromatic heterocycles. The van der Waals surface area contributed by atoms with Crippen molar-refractivity contribution in [1.82, 2.24) is 9.62 Å². The van der Waals surface area contributed by atoms with Crippen LogP contribution in [0.1, 0.15) is 52.9 Å². The van der Waals surface area contributed by atoms with Gasteiger partial charge in [-0.3, -0.25) is 4.79 Å². The van der Waals surface area contributed by atoms with Crippen LogP contribution >= 0.6 is 0 Å². The average molecular weight is 417 g/mol. The molecule has 1 aliphatic heterocycles. The van der Waals surface area contributed by atoms with Gasteiger partial charge in [-0.25, -0.2) is 8.42 Å². The first-order valence-corrected chi connectivity index (χ1v) is 11.2. The van der Waals surface area contributed by atoms with Crippen LogP contribution in [0.3, 0.4) is 0 Å². The minimum absolute atomic E-state index is 0.0361. The van der Waals surface area contributed by atoms with Gasteiger partial charge in [-0.1, -0.05) is 23.8 Å². The van der Waals surface area contributed by atoms with Gasteiger partial charge in [-0.05, 0) is 62.9 Å². The van der Waals surface area contributed by atoms with Gasteiger partial charge in [0.15, 0.2) is 0 Å². The molecule has 2 aromatic rings. The lowest BCUT2D eigenvalue weighted by atomic mass is 9.99. The van der Waals surface area contributed by atoms with E-state index in [1.54, 1.807) is 12.1 Å². The van der Waals surface area contributed by atoms with E-state index in [1.807, 2.05) is 32.9 Å². The number of hydrogen-bond donors (Lipinski definition) is 1. The highest BCUT2D eigenvalue weighted by atomic mass is 32.2.